The van der Waals surface area contributed by atoms with E-state index in [2.05, 4.69) is 11.8 Å². The van der Waals surface area contributed by atoms with Crippen LogP contribution in [-0.4, -0.2) is 48.6 Å². The van der Waals surface area contributed by atoms with Crippen LogP contribution in [0.5, 0.6) is 0 Å². The molecule has 0 aromatic heterocycles. The molecule has 1 aromatic carbocycles. The van der Waals surface area contributed by atoms with Crippen LogP contribution in [0.15, 0.2) is 24.3 Å². The minimum absolute atomic E-state index is 0.201. The molecule has 0 radical (unpaired) electrons. The van der Waals surface area contributed by atoms with Crippen molar-refractivity contribution in [3.63, 3.8) is 0 Å². The highest BCUT2D eigenvalue weighted by molar-refractivity contribution is 5.71. The highest BCUT2D eigenvalue weighted by Crippen LogP contribution is 2.18. The van der Waals surface area contributed by atoms with Crippen molar-refractivity contribution in [2.24, 2.45) is 5.73 Å². The van der Waals surface area contributed by atoms with Gasteiger partial charge >= 0.3 is 6.03 Å². The number of benzene rings is 1. The first-order valence-electron chi connectivity index (χ1n) is 7.08. The average Bonchev–Trinajstić information content (AvgIpc) is 2.65. The molecule has 1 aliphatic rings. The van der Waals surface area contributed by atoms with E-state index in [9.17, 15) is 9.18 Å². The third-order valence-electron chi connectivity index (χ3n) is 3.87. The third kappa shape index (κ3) is 3.93. The van der Waals surface area contributed by atoms with Gasteiger partial charge in [0, 0.05) is 26.2 Å². The van der Waals surface area contributed by atoms with Gasteiger partial charge in [-0.3, -0.25) is 0 Å². The first-order valence-corrected chi connectivity index (χ1v) is 7.08. The van der Waals surface area contributed by atoms with E-state index < -0.39 is 0 Å². The first kappa shape index (κ1) is 14.8. The minimum Gasteiger partial charge on any atom is -0.351 e. The van der Waals surface area contributed by atoms with Crippen LogP contribution < -0.4 is 5.73 Å². The third-order valence-corrected chi connectivity index (χ3v) is 3.87. The van der Waals surface area contributed by atoms with Crippen LogP contribution in [0.2, 0.25) is 0 Å². The molecule has 0 bridgehead atoms. The second-order valence-electron chi connectivity index (χ2n) is 5.43. The van der Waals surface area contributed by atoms with E-state index in [1.807, 2.05) is 12.1 Å². The summed E-state index contributed by atoms with van der Waals surface area (Å²) in [6, 6.07) is 6.35. The Labute approximate surface area is 119 Å². The van der Waals surface area contributed by atoms with Crippen molar-refractivity contribution in [2.45, 2.75) is 19.3 Å². The molecule has 5 heteroatoms. The SMILES string of the molecule is CC(CN1CCCN(C(N)=O)CC1)c1ccc(F)cc1. The Bertz CT molecular complexity index is 449. The van der Waals surface area contributed by atoms with Gasteiger partial charge in [-0.25, -0.2) is 9.18 Å². The van der Waals surface area contributed by atoms with Crippen molar-refractivity contribution in [2.75, 3.05) is 32.7 Å². The number of urea groups is 1. The van der Waals surface area contributed by atoms with Crippen LogP contribution >= 0.6 is 0 Å². The van der Waals surface area contributed by atoms with Gasteiger partial charge in [0.05, 0.1) is 0 Å². The Morgan fingerprint density at radius 2 is 1.95 bits per heavy atom. The van der Waals surface area contributed by atoms with Crippen LogP contribution in [0.25, 0.3) is 0 Å². The number of carbonyl (C=O) groups excluding carboxylic acids is 1. The summed E-state index contributed by atoms with van der Waals surface area (Å²) in [5, 5.41) is 0. The summed E-state index contributed by atoms with van der Waals surface area (Å²) in [5.74, 6) is 0.142. The fraction of sp³-hybridized carbons (Fsp3) is 0.533. The molecule has 1 aliphatic heterocycles. The molecule has 2 N–H and O–H groups in total. The maximum absolute atomic E-state index is 12.9. The standard InChI is InChI=1S/C15H22FN3O/c1-12(13-3-5-14(16)6-4-13)11-18-7-2-8-19(10-9-18)15(17)20/h3-6,12H,2,7-11H2,1H3,(H2,17,20). The van der Waals surface area contributed by atoms with Gasteiger partial charge in [-0.2, -0.15) is 0 Å². The van der Waals surface area contributed by atoms with E-state index in [-0.39, 0.29) is 11.8 Å². The van der Waals surface area contributed by atoms with E-state index in [0.29, 0.717) is 12.5 Å². The van der Waals surface area contributed by atoms with Crippen molar-refractivity contribution in [3.05, 3.63) is 35.6 Å². The molecule has 1 atom stereocenters. The predicted molar refractivity (Wildman–Crippen MR) is 77.0 cm³/mol. The van der Waals surface area contributed by atoms with Gasteiger partial charge in [-0.1, -0.05) is 19.1 Å². The summed E-state index contributed by atoms with van der Waals surface area (Å²) in [6.07, 6.45) is 0.944. The lowest BCUT2D eigenvalue weighted by molar-refractivity contribution is 0.207. The highest BCUT2D eigenvalue weighted by Gasteiger charge is 2.18. The number of hydrogen-bond donors (Lipinski definition) is 1. The van der Waals surface area contributed by atoms with Gasteiger partial charge in [0.2, 0.25) is 0 Å². The second kappa shape index (κ2) is 6.70. The zero-order chi connectivity index (χ0) is 14.5. The lowest BCUT2D eigenvalue weighted by atomic mass is 10.0. The van der Waals surface area contributed by atoms with Gasteiger partial charge in [0.15, 0.2) is 0 Å². The van der Waals surface area contributed by atoms with Crippen molar-refractivity contribution in [3.8, 4) is 0 Å². The van der Waals surface area contributed by atoms with Crippen LogP contribution in [0.3, 0.4) is 0 Å². The normalized spacial score (nSPS) is 18.6. The first-order chi connectivity index (χ1) is 9.56. The Morgan fingerprint density at radius 1 is 1.25 bits per heavy atom. The molecule has 2 amide bonds. The molecule has 0 aliphatic carbocycles. The molecule has 1 fully saturated rings. The topological polar surface area (TPSA) is 49.6 Å². The fourth-order valence-corrected chi connectivity index (χ4v) is 2.66. The van der Waals surface area contributed by atoms with Gasteiger partial charge in [0.1, 0.15) is 5.82 Å². The Morgan fingerprint density at radius 3 is 2.60 bits per heavy atom. The quantitative estimate of drug-likeness (QED) is 0.920. The Kier molecular flexibility index (Phi) is 4.95. The molecule has 20 heavy (non-hydrogen) atoms. The summed E-state index contributed by atoms with van der Waals surface area (Å²) < 4.78 is 12.9. The zero-order valence-electron chi connectivity index (χ0n) is 11.9. The maximum Gasteiger partial charge on any atom is 0.314 e. The largest absolute Gasteiger partial charge is 0.351 e. The maximum atomic E-state index is 12.9. The minimum atomic E-state index is -0.335. The van der Waals surface area contributed by atoms with Gasteiger partial charge in [-0.15, -0.1) is 0 Å². The molecule has 1 aromatic rings. The molecule has 4 nitrogen and oxygen atoms in total. The van der Waals surface area contributed by atoms with E-state index in [1.165, 1.54) is 12.1 Å². The molecular formula is C15H22FN3O. The number of carbonyl (C=O) groups is 1. The fourth-order valence-electron chi connectivity index (χ4n) is 2.66. The Balaban J connectivity index is 1.89. The van der Waals surface area contributed by atoms with Crippen molar-refractivity contribution in [1.29, 1.82) is 0 Å². The van der Waals surface area contributed by atoms with Crippen LogP contribution in [0.1, 0.15) is 24.8 Å². The highest BCUT2D eigenvalue weighted by atomic mass is 19.1. The van der Waals surface area contributed by atoms with E-state index in [1.54, 1.807) is 4.90 Å². The summed E-state index contributed by atoms with van der Waals surface area (Å²) in [5.41, 5.74) is 6.46. The molecule has 0 spiro atoms. The monoisotopic (exact) mass is 279 g/mol. The van der Waals surface area contributed by atoms with Crippen LogP contribution in [0, 0.1) is 5.82 Å². The van der Waals surface area contributed by atoms with Crippen LogP contribution in [-0.2, 0) is 0 Å². The second-order valence-corrected chi connectivity index (χ2v) is 5.43. The number of primary amides is 1. The lowest BCUT2D eigenvalue weighted by Crippen LogP contribution is -2.39. The number of hydrogen-bond acceptors (Lipinski definition) is 2. The zero-order valence-corrected chi connectivity index (χ0v) is 11.9. The summed E-state index contributed by atoms with van der Waals surface area (Å²) in [4.78, 5) is 15.2. The Hall–Kier alpha value is -1.62. The molecule has 110 valence electrons. The molecule has 1 unspecified atom stereocenters. The predicted octanol–water partition coefficient (Wildman–Crippen LogP) is 2.02. The number of halogens is 1. The van der Waals surface area contributed by atoms with Gasteiger partial charge in [0.25, 0.3) is 0 Å². The molecule has 2 rings (SSSR count). The summed E-state index contributed by atoms with van der Waals surface area (Å²) >= 11 is 0. The molecular weight excluding hydrogens is 257 g/mol. The van der Waals surface area contributed by atoms with Crippen molar-refractivity contribution in [1.82, 2.24) is 9.80 Å². The summed E-state index contributed by atoms with van der Waals surface area (Å²) in [6.45, 7) is 6.29. The average molecular weight is 279 g/mol. The summed E-state index contributed by atoms with van der Waals surface area (Å²) in [7, 11) is 0. The number of nitrogens with zero attached hydrogens (tertiary/aromatic N) is 2. The molecule has 1 heterocycles. The van der Waals surface area contributed by atoms with Crippen LogP contribution in [0.4, 0.5) is 9.18 Å². The van der Waals surface area contributed by atoms with Crippen molar-refractivity contribution < 1.29 is 9.18 Å². The molecule has 0 saturated carbocycles. The number of amides is 2. The lowest BCUT2D eigenvalue weighted by Gasteiger charge is -2.24. The van der Waals surface area contributed by atoms with Gasteiger partial charge in [-0.05, 0) is 36.6 Å². The number of rotatable bonds is 3. The van der Waals surface area contributed by atoms with E-state index in [4.69, 9.17) is 5.73 Å². The van der Waals surface area contributed by atoms with E-state index in [0.717, 1.165) is 38.2 Å². The number of nitrogens with two attached hydrogens (primary N) is 1. The van der Waals surface area contributed by atoms with Gasteiger partial charge < -0.3 is 15.5 Å². The molecule has 1 saturated heterocycles. The van der Waals surface area contributed by atoms with Crippen molar-refractivity contribution >= 4 is 6.03 Å². The smallest absolute Gasteiger partial charge is 0.314 e. The van der Waals surface area contributed by atoms with E-state index >= 15 is 0 Å².